The molecule has 10 heteroatoms. The number of esters is 2. The summed E-state index contributed by atoms with van der Waals surface area (Å²) >= 11 is 0. The van der Waals surface area contributed by atoms with Gasteiger partial charge in [-0.25, -0.2) is 0 Å². The first kappa shape index (κ1) is 49.6. The summed E-state index contributed by atoms with van der Waals surface area (Å²) in [5.41, 5.74) is 0. The van der Waals surface area contributed by atoms with Gasteiger partial charge in [0.1, 0.15) is 31.0 Å². The molecular formula is C45H70O10. The standard InChI is InChI=1S/C45H70O10/c1-3-5-7-9-11-13-15-17-19-21-23-25-27-29-31-33-40(47)52-36-38(37-53-45-44(51)43(50)42(49)39(35-46)55-45)54-41(48)34-32-30-28-26-24-22-20-18-16-14-12-10-8-6-4-2/h5-8,11-14,17-20,23-26,38-39,42-46,49-51H,3-4,9-10,15-16,21-22,27-37H2,1-2H3/b7-5-,8-6-,13-11-,14-12-,19-17-,20-18-,25-23-,26-24-/t38?,39-,42+,43+,44-,45-/m1/s1. The number of unbranched alkanes of at least 4 members (excludes halogenated alkanes) is 4. The van der Waals surface area contributed by atoms with Gasteiger partial charge in [-0.15, -0.1) is 0 Å². The van der Waals surface area contributed by atoms with Crippen molar-refractivity contribution in [3.8, 4) is 0 Å². The van der Waals surface area contributed by atoms with E-state index in [4.69, 9.17) is 18.9 Å². The Morgan fingerprint density at radius 2 is 1.00 bits per heavy atom. The molecule has 0 radical (unpaired) electrons. The van der Waals surface area contributed by atoms with Crippen molar-refractivity contribution in [3.05, 3.63) is 97.2 Å². The van der Waals surface area contributed by atoms with Crippen LogP contribution >= 0.6 is 0 Å². The fourth-order valence-corrected chi connectivity index (χ4v) is 5.28. The van der Waals surface area contributed by atoms with Crippen LogP contribution in [0.15, 0.2) is 97.2 Å². The maximum absolute atomic E-state index is 12.7. The Morgan fingerprint density at radius 1 is 0.564 bits per heavy atom. The highest BCUT2D eigenvalue weighted by Crippen LogP contribution is 2.22. The molecule has 0 spiro atoms. The minimum Gasteiger partial charge on any atom is -0.462 e. The van der Waals surface area contributed by atoms with E-state index in [2.05, 4.69) is 111 Å². The van der Waals surface area contributed by atoms with Gasteiger partial charge in [0, 0.05) is 12.8 Å². The summed E-state index contributed by atoms with van der Waals surface area (Å²) in [7, 11) is 0. The molecule has 0 aromatic carbocycles. The zero-order valence-corrected chi connectivity index (χ0v) is 33.4. The quantitative estimate of drug-likeness (QED) is 0.0310. The molecule has 0 aromatic rings. The highest BCUT2D eigenvalue weighted by Gasteiger charge is 2.44. The first-order valence-electron chi connectivity index (χ1n) is 20.3. The van der Waals surface area contributed by atoms with Crippen LogP contribution in [0.25, 0.3) is 0 Å². The van der Waals surface area contributed by atoms with E-state index in [1.54, 1.807) is 0 Å². The number of carbonyl (C=O) groups excluding carboxylic acids is 2. The van der Waals surface area contributed by atoms with Gasteiger partial charge in [0.2, 0.25) is 0 Å². The zero-order chi connectivity index (χ0) is 40.2. The van der Waals surface area contributed by atoms with Gasteiger partial charge in [-0.05, 0) is 89.9 Å². The molecular weight excluding hydrogens is 700 g/mol. The number of aliphatic hydroxyl groups is 4. The van der Waals surface area contributed by atoms with Crippen molar-refractivity contribution in [3.63, 3.8) is 0 Å². The SMILES string of the molecule is CC/C=C\C/C=C\C/C=C\C/C=C\CCCCC(=O)OCC(CO[C@@H]1O[C@H](CO)[C@H](O)[C@H](O)[C@H]1O)OC(=O)CCCC/C=C\C/C=C\C/C=C\C/C=C\CC. The largest absolute Gasteiger partial charge is 0.462 e. The maximum atomic E-state index is 12.7. The molecule has 0 saturated carbocycles. The number of hydrogen-bond acceptors (Lipinski definition) is 10. The number of allylic oxidation sites excluding steroid dienone is 16. The maximum Gasteiger partial charge on any atom is 0.306 e. The van der Waals surface area contributed by atoms with Gasteiger partial charge in [0.05, 0.1) is 13.2 Å². The summed E-state index contributed by atoms with van der Waals surface area (Å²) in [4.78, 5) is 25.2. The molecule has 0 aromatic heterocycles. The average Bonchev–Trinajstić information content (AvgIpc) is 3.18. The Hall–Kier alpha value is -3.38. The molecule has 1 aliphatic heterocycles. The van der Waals surface area contributed by atoms with Crippen molar-refractivity contribution in [2.75, 3.05) is 19.8 Å². The van der Waals surface area contributed by atoms with E-state index in [1.807, 2.05) is 0 Å². The molecule has 6 atom stereocenters. The molecule has 1 unspecified atom stereocenters. The Morgan fingerprint density at radius 3 is 1.45 bits per heavy atom. The van der Waals surface area contributed by atoms with Crippen molar-refractivity contribution in [1.82, 2.24) is 0 Å². The lowest BCUT2D eigenvalue weighted by Crippen LogP contribution is -2.59. The second-order valence-corrected chi connectivity index (χ2v) is 13.3. The van der Waals surface area contributed by atoms with Gasteiger partial charge in [-0.3, -0.25) is 9.59 Å². The third-order valence-corrected chi connectivity index (χ3v) is 8.46. The highest BCUT2D eigenvalue weighted by molar-refractivity contribution is 5.70. The molecule has 0 amide bonds. The molecule has 1 rings (SSSR count). The van der Waals surface area contributed by atoms with Crippen molar-refractivity contribution in [2.45, 2.75) is 153 Å². The normalized spacial score (nSPS) is 21.6. The lowest BCUT2D eigenvalue weighted by atomic mass is 9.99. The molecule has 4 N–H and O–H groups in total. The summed E-state index contributed by atoms with van der Waals surface area (Å²) in [6.45, 7) is 3.07. The van der Waals surface area contributed by atoms with Crippen molar-refractivity contribution in [1.29, 1.82) is 0 Å². The van der Waals surface area contributed by atoms with Crippen LogP contribution in [0.1, 0.15) is 117 Å². The van der Waals surface area contributed by atoms with Crippen LogP contribution in [0.5, 0.6) is 0 Å². The predicted octanol–water partition coefficient (Wildman–Crippen LogP) is 7.99. The van der Waals surface area contributed by atoms with Crippen LogP contribution in [-0.4, -0.2) is 89.0 Å². The van der Waals surface area contributed by atoms with Crippen LogP contribution in [0.4, 0.5) is 0 Å². The first-order valence-corrected chi connectivity index (χ1v) is 20.3. The zero-order valence-electron chi connectivity index (χ0n) is 33.4. The Bertz CT molecular complexity index is 1210. The molecule has 55 heavy (non-hydrogen) atoms. The lowest BCUT2D eigenvalue weighted by molar-refractivity contribution is -0.305. The van der Waals surface area contributed by atoms with E-state index in [-0.39, 0.29) is 26.1 Å². The fourth-order valence-electron chi connectivity index (χ4n) is 5.28. The number of hydrogen-bond donors (Lipinski definition) is 4. The van der Waals surface area contributed by atoms with Crippen molar-refractivity contribution >= 4 is 11.9 Å². The molecule has 1 fully saturated rings. The third kappa shape index (κ3) is 27.0. The summed E-state index contributed by atoms with van der Waals surface area (Å²) in [5.74, 6) is -0.918. The van der Waals surface area contributed by atoms with Gasteiger partial charge in [-0.1, -0.05) is 111 Å². The minimum atomic E-state index is -1.61. The second kappa shape index (κ2) is 35.1. The molecule has 1 heterocycles. The second-order valence-electron chi connectivity index (χ2n) is 13.3. The van der Waals surface area contributed by atoms with E-state index < -0.39 is 55.4 Å². The Balaban J connectivity index is 2.46. The van der Waals surface area contributed by atoms with E-state index >= 15 is 0 Å². The first-order chi connectivity index (χ1) is 26.8. The monoisotopic (exact) mass is 770 g/mol. The van der Waals surface area contributed by atoms with Gasteiger partial charge in [0.25, 0.3) is 0 Å². The molecule has 0 bridgehead atoms. The van der Waals surface area contributed by atoms with E-state index in [0.29, 0.717) is 12.8 Å². The topological polar surface area (TPSA) is 152 Å². The summed E-state index contributed by atoms with van der Waals surface area (Å²) in [6.07, 6.45) is 38.5. The number of rotatable bonds is 31. The Kier molecular flexibility index (Phi) is 31.6. The Labute approximate surface area is 330 Å². The highest BCUT2D eigenvalue weighted by atomic mass is 16.7. The minimum absolute atomic E-state index is 0.162. The van der Waals surface area contributed by atoms with Crippen LogP contribution in [0, 0.1) is 0 Å². The smallest absolute Gasteiger partial charge is 0.306 e. The molecule has 1 aliphatic rings. The molecule has 1 saturated heterocycles. The van der Waals surface area contributed by atoms with Gasteiger partial charge >= 0.3 is 11.9 Å². The van der Waals surface area contributed by atoms with E-state index in [9.17, 15) is 30.0 Å². The van der Waals surface area contributed by atoms with Crippen LogP contribution in [-0.2, 0) is 28.5 Å². The predicted molar refractivity (Wildman–Crippen MR) is 219 cm³/mol. The van der Waals surface area contributed by atoms with Crippen LogP contribution in [0.3, 0.4) is 0 Å². The number of aliphatic hydroxyl groups excluding tert-OH is 4. The summed E-state index contributed by atoms with van der Waals surface area (Å²) in [6, 6.07) is 0. The molecule has 310 valence electrons. The number of ether oxygens (including phenoxy) is 4. The number of carbonyl (C=O) groups is 2. The van der Waals surface area contributed by atoms with Crippen molar-refractivity contribution < 1.29 is 49.0 Å². The average molecular weight is 771 g/mol. The van der Waals surface area contributed by atoms with E-state index in [0.717, 1.165) is 77.0 Å². The fraction of sp³-hybridized carbons (Fsp3) is 0.600. The van der Waals surface area contributed by atoms with E-state index in [1.165, 1.54) is 0 Å². The van der Waals surface area contributed by atoms with Crippen LogP contribution < -0.4 is 0 Å². The molecule has 0 aliphatic carbocycles. The van der Waals surface area contributed by atoms with Gasteiger partial charge in [-0.2, -0.15) is 0 Å². The van der Waals surface area contributed by atoms with Crippen molar-refractivity contribution in [2.24, 2.45) is 0 Å². The summed E-state index contributed by atoms with van der Waals surface area (Å²) in [5, 5.41) is 40.0. The molecule has 10 nitrogen and oxygen atoms in total. The van der Waals surface area contributed by atoms with Gasteiger partial charge < -0.3 is 39.4 Å². The third-order valence-electron chi connectivity index (χ3n) is 8.46. The lowest BCUT2D eigenvalue weighted by Gasteiger charge is -2.39. The summed E-state index contributed by atoms with van der Waals surface area (Å²) < 4.78 is 22.0. The van der Waals surface area contributed by atoms with Gasteiger partial charge in [0.15, 0.2) is 12.4 Å². The van der Waals surface area contributed by atoms with Crippen LogP contribution in [0.2, 0.25) is 0 Å².